The SMILES string of the molecule is CC1(C)Cc2c(cc(-c3ccccc3)n2-c2ccccc2)C(N=O)C1. The molecule has 1 aliphatic carbocycles. The zero-order chi connectivity index (χ0) is 17.4. The molecule has 0 aliphatic heterocycles. The molecule has 1 aliphatic rings. The first kappa shape index (κ1) is 15.8. The van der Waals surface area contributed by atoms with Crippen LogP contribution in [0.25, 0.3) is 16.9 Å². The van der Waals surface area contributed by atoms with Crippen LogP contribution in [0.5, 0.6) is 0 Å². The molecular weight excluding hydrogens is 308 g/mol. The molecule has 3 nitrogen and oxygen atoms in total. The van der Waals surface area contributed by atoms with E-state index in [9.17, 15) is 4.91 Å². The van der Waals surface area contributed by atoms with Gasteiger partial charge in [-0.1, -0.05) is 67.6 Å². The normalized spacial score (nSPS) is 18.6. The van der Waals surface area contributed by atoms with E-state index in [-0.39, 0.29) is 11.5 Å². The lowest BCUT2D eigenvalue weighted by molar-refractivity contribution is 0.278. The highest BCUT2D eigenvalue weighted by atomic mass is 16.3. The second kappa shape index (κ2) is 5.99. The van der Waals surface area contributed by atoms with Crippen LogP contribution in [0.3, 0.4) is 0 Å². The second-order valence-electron chi connectivity index (χ2n) is 7.63. The Kier molecular flexibility index (Phi) is 3.79. The third kappa shape index (κ3) is 2.80. The highest BCUT2D eigenvalue weighted by molar-refractivity contribution is 5.66. The van der Waals surface area contributed by atoms with E-state index < -0.39 is 0 Å². The fourth-order valence-corrected chi connectivity index (χ4v) is 3.99. The Balaban J connectivity index is 2.00. The maximum absolute atomic E-state index is 11.5. The summed E-state index contributed by atoms with van der Waals surface area (Å²) in [4.78, 5) is 11.5. The molecule has 3 aromatic rings. The van der Waals surface area contributed by atoms with Gasteiger partial charge in [0.05, 0.1) is 5.69 Å². The van der Waals surface area contributed by atoms with Crippen molar-refractivity contribution < 1.29 is 0 Å². The van der Waals surface area contributed by atoms with Crippen molar-refractivity contribution >= 4 is 0 Å². The molecule has 0 amide bonds. The van der Waals surface area contributed by atoms with Crippen LogP contribution < -0.4 is 0 Å². The Bertz CT molecular complexity index is 895. The van der Waals surface area contributed by atoms with E-state index in [4.69, 9.17) is 0 Å². The fraction of sp³-hybridized carbons (Fsp3) is 0.273. The van der Waals surface area contributed by atoms with Gasteiger partial charge in [0.25, 0.3) is 0 Å². The molecule has 0 spiro atoms. The fourth-order valence-electron chi connectivity index (χ4n) is 3.99. The van der Waals surface area contributed by atoms with Crippen LogP contribution in [-0.2, 0) is 6.42 Å². The van der Waals surface area contributed by atoms with Crippen LogP contribution in [0.15, 0.2) is 71.9 Å². The minimum absolute atomic E-state index is 0.0599. The van der Waals surface area contributed by atoms with Crippen molar-refractivity contribution in [3.63, 3.8) is 0 Å². The number of para-hydroxylation sites is 1. The van der Waals surface area contributed by atoms with Gasteiger partial charge in [-0.2, -0.15) is 4.91 Å². The quantitative estimate of drug-likeness (QED) is 0.548. The second-order valence-corrected chi connectivity index (χ2v) is 7.63. The van der Waals surface area contributed by atoms with Gasteiger partial charge in [0.2, 0.25) is 0 Å². The van der Waals surface area contributed by atoms with Crippen molar-refractivity contribution in [1.82, 2.24) is 4.57 Å². The average Bonchev–Trinajstić information content (AvgIpc) is 3.00. The van der Waals surface area contributed by atoms with Crippen molar-refractivity contribution in [3.8, 4) is 16.9 Å². The molecular formula is C22H22N2O. The molecule has 0 N–H and O–H groups in total. The maximum atomic E-state index is 11.5. The van der Waals surface area contributed by atoms with Crippen LogP contribution in [0.2, 0.25) is 0 Å². The molecule has 3 heteroatoms. The van der Waals surface area contributed by atoms with Crippen molar-refractivity contribution in [2.24, 2.45) is 10.6 Å². The lowest BCUT2D eigenvalue weighted by Gasteiger charge is -2.33. The summed E-state index contributed by atoms with van der Waals surface area (Å²) in [5.74, 6) is 0. The van der Waals surface area contributed by atoms with Gasteiger partial charge in [-0.3, -0.25) is 0 Å². The van der Waals surface area contributed by atoms with Gasteiger partial charge in [0.15, 0.2) is 0 Å². The van der Waals surface area contributed by atoms with Crippen LogP contribution >= 0.6 is 0 Å². The summed E-state index contributed by atoms with van der Waals surface area (Å²) in [7, 11) is 0. The molecule has 0 radical (unpaired) electrons. The van der Waals surface area contributed by atoms with Gasteiger partial charge in [0, 0.05) is 16.9 Å². The molecule has 0 saturated carbocycles. The summed E-state index contributed by atoms with van der Waals surface area (Å²) in [6.07, 6.45) is 1.74. The Morgan fingerprint density at radius 3 is 2.28 bits per heavy atom. The van der Waals surface area contributed by atoms with Gasteiger partial charge in [-0.05, 0) is 42.0 Å². The number of hydrogen-bond acceptors (Lipinski definition) is 2. The minimum Gasteiger partial charge on any atom is -0.313 e. The molecule has 1 aromatic heterocycles. The van der Waals surface area contributed by atoms with E-state index >= 15 is 0 Å². The average molecular weight is 330 g/mol. The topological polar surface area (TPSA) is 34.4 Å². The number of nitrogens with zero attached hydrogens (tertiary/aromatic N) is 2. The first-order valence-corrected chi connectivity index (χ1v) is 8.77. The van der Waals surface area contributed by atoms with E-state index in [1.807, 2.05) is 12.1 Å². The van der Waals surface area contributed by atoms with Crippen LogP contribution in [0.4, 0.5) is 0 Å². The van der Waals surface area contributed by atoms with E-state index in [1.165, 1.54) is 5.69 Å². The molecule has 2 aromatic carbocycles. The van der Waals surface area contributed by atoms with Crippen LogP contribution in [0, 0.1) is 10.3 Å². The molecule has 1 heterocycles. The van der Waals surface area contributed by atoms with Crippen molar-refractivity contribution in [3.05, 3.63) is 82.9 Å². The summed E-state index contributed by atoms with van der Waals surface area (Å²) < 4.78 is 2.31. The molecule has 0 saturated heterocycles. The standard InChI is InChI=1S/C22H22N2O/c1-22(2)14-19(23-25)18-13-20(16-9-5-3-6-10-16)24(21(18)15-22)17-11-7-4-8-12-17/h3-13,19H,14-15H2,1-2H3. The number of hydrogen-bond donors (Lipinski definition) is 0. The van der Waals surface area contributed by atoms with Crippen molar-refractivity contribution in [2.45, 2.75) is 32.7 Å². The van der Waals surface area contributed by atoms with Gasteiger partial charge in [-0.15, -0.1) is 0 Å². The first-order valence-electron chi connectivity index (χ1n) is 8.77. The largest absolute Gasteiger partial charge is 0.313 e. The molecule has 4 rings (SSSR count). The molecule has 126 valence electrons. The summed E-state index contributed by atoms with van der Waals surface area (Å²) in [6, 6.07) is 22.6. The highest BCUT2D eigenvalue weighted by Crippen LogP contribution is 2.46. The molecule has 1 atom stereocenters. The molecule has 0 bridgehead atoms. The van der Waals surface area contributed by atoms with Gasteiger partial charge in [-0.25, -0.2) is 0 Å². The predicted molar refractivity (Wildman–Crippen MR) is 102 cm³/mol. The van der Waals surface area contributed by atoms with E-state index in [2.05, 4.69) is 78.2 Å². The Morgan fingerprint density at radius 2 is 1.64 bits per heavy atom. The van der Waals surface area contributed by atoms with Crippen molar-refractivity contribution in [1.29, 1.82) is 0 Å². The van der Waals surface area contributed by atoms with Gasteiger partial charge < -0.3 is 4.57 Å². The Morgan fingerprint density at radius 1 is 1.00 bits per heavy atom. The predicted octanol–water partition coefficient (Wildman–Crippen LogP) is 5.92. The third-order valence-electron chi connectivity index (χ3n) is 5.10. The maximum Gasteiger partial charge on any atom is 0.119 e. The Hall–Kier alpha value is -2.68. The minimum atomic E-state index is -0.272. The van der Waals surface area contributed by atoms with Crippen LogP contribution in [0.1, 0.15) is 37.6 Å². The zero-order valence-corrected chi connectivity index (χ0v) is 14.6. The summed E-state index contributed by atoms with van der Waals surface area (Å²) in [5.41, 5.74) is 5.77. The third-order valence-corrected chi connectivity index (χ3v) is 5.10. The summed E-state index contributed by atoms with van der Waals surface area (Å²) in [6.45, 7) is 4.44. The van der Waals surface area contributed by atoms with Crippen molar-refractivity contribution in [2.75, 3.05) is 0 Å². The lowest BCUT2D eigenvalue weighted by Crippen LogP contribution is -2.26. The molecule has 1 unspecified atom stereocenters. The number of nitroso groups, excluding NO2 is 1. The monoisotopic (exact) mass is 330 g/mol. The number of aromatic nitrogens is 1. The number of rotatable bonds is 3. The van der Waals surface area contributed by atoms with Gasteiger partial charge in [0.1, 0.15) is 6.04 Å². The lowest BCUT2D eigenvalue weighted by atomic mass is 9.74. The number of fused-ring (bicyclic) bond motifs is 1. The molecule has 0 fully saturated rings. The van der Waals surface area contributed by atoms with Gasteiger partial charge >= 0.3 is 0 Å². The van der Waals surface area contributed by atoms with E-state index in [0.29, 0.717) is 0 Å². The van der Waals surface area contributed by atoms with E-state index in [0.717, 1.165) is 35.3 Å². The first-order chi connectivity index (χ1) is 12.1. The highest BCUT2D eigenvalue weighted by Gasteiger charge is 2.36. The summed E-state index contributed by atoms with van der Waals surface area (Å²) >= 11 is 0. The van der Waals surface area contributed by atoms with Crippen LogP contribution in [-0.4, -0.2) is 4.57 Å². The smallest absolute Gasteiger partial charge is 0.119 e. The molecule has 25 heavy (non-hydrogen) atoms. The summed E-state index contributed by atoms with van der Waals surface area (Å²) in [5, 5.41) is 3.46. The zero-order valence-electron chi connectivity index (χ0n) is 14.6. The Labute approximate surface area is 148 Å². The number of benzene rings is 2. The van der Waals surface area contributed by atoms with E-state index in [1.54, 1.807) is 0 Å².